The summed E-state index contributed by atoms with van der Waals surface area (Å²) in [5.41, 5.74) is 1.73. The Bertz CT molecular complexity index is 1240. The number of fused-ring (bicyclic) bond motifs is 1. The van der Waals surface area contributed by atoms with E-state index in [2.05, 4.69) is 10.2 Å². The summed E-state index contributed by atoms with van der Waals surface area (Å²) >= 11 is 0. The second-order valence-electron chi connectivity index (χ2n) is 7.32. The number of H-pyrrole nitrogens is 1. The third kappa shape index (κ3) is 3.79. The number of carboxylic acids is 1. The van der Waals surface area contributed by atoms with Crippen LogP contribution in [0.2, 0.25) is 0 Å². The van der Waals surface area contributed by atoms with E-state index in [1.54, 1.807) is 35.2 Å². The van der Waals surface area contributed by atoms with Gasteiger partial charge in [-0.25, -0.2) is 18.4 Å². The van der Waals surface area contributed by atoms with Gasteiger partial charge < -0.3 is 10.0 Å². The molecule has 9 nitrogen and oxygen atoms in total. The first-order chi connectivity index (χ1) is 14.2. The number of piperidine rings is 1. The van der Waals surface area contributed by atoms with Crippen LogP contribution in [0.1, 0.15) is 45.2 Å². The first kappa shape index (κ1) is 20.0. The normalized spacial score (nSPS) is 15.4. The lowest BCUT2D eigenvalue weighted by Gasteiger charge is -2.32. The predicted octanol–water partition coefficient (Wildman–Crippen LogP) is 1.93. The molecule has 1 fully saturated rings. The Morgan fingerprint density at radius 1 is 1.13 bits per heavy atom. The van der Waals surface area contributed by atoms with Crippen LogP contribution >= 0.6 is 0 Å². The highest BCUT2D eigenvalue weighted by atomic mass is 32.2. The average molecular weight is 428 g/mol. The number of primary sulfonamides is 1. The van der Waals surface area contributed by atoms with Crippen molar-refractivity contribution in [2.24, 2.45) is 5.14 Å². The van der Waals surface area contributed by atoms with Crippen LogP contribution in [0.15, 0.2) is 47.4 Å². The van der Waals surface area contributed by atoms with Gasteiger partial charge in [-0.1, -0.05) is 12.1 Å². The van der Waals surface area contributed by atoms with Gasteiger partial charge in [0.15, 0.2) is 5.69 Å². The van der Waals surface area contributed by atoms with Gasteiger partial charge in [-0.2, -0.15) is 5.10 Å². The first-order valence-electron chi connectivity index (χ1n) is 9.37. The van der Waals surface area contributed by atoms with Crippen LogP contribution in [0, 0.1) is 0 Å². The summed E-state index contributed by atoms with van der Waals surface area (Å²) in [5.74, 6) is -1.20. The van der Waals surface area contributed by atoms with E-state index >= 15 is 0 Å². The molecule has 0 bridgehead atoms. The molecule has 1 aliphatic rings. The number of aromatic carboxylic acids is 1. The molecule has 10 heteroatoms. The number of carboxylic acid groups (broad SMARTS) is 1. The van der Waals surface area contributed by atoms with Gasteiger partial charge in [0.2, 0.25) is 10.0 Å². The van der Waals surface area contributed by atoms with Crippen molar-refractivity contribution in [3.05, 3.63) is 59.3 Å². The Morgan fingerprint density at radius 3 is 2.53 bits per heavy atom. The number of sulfonamides is 1. The molecule has 2 heterocycles. The van der Waals surface area contributed by atoms with E-state index in [0.717, 1.165) is 5.56 Å². The van der Waals surface area contributed by atoms with Gasteiger partial charge in [0.25, 0.3) is 5.91 Å². The minimum absolute atomic E-state index is 0.0844. The molecule has 4 rings (SSSR count). The summed E-state index contributed by atoms with van der Waals surface area (Å²) < 4.78 is 23.2. The number of hydrogen-bond donors (Lipinski definition) is 3. The van der Waals surface area contributed by atoms with Crippen LogP contribution in [0.3, 0.4) is 0 Å². The van der Waals surface area contributed by atoms with Crippen molar-refractivity contribution >= 4 is 32.8 Å². The summed E-state index contributed by atoms with van der Waals surface area (Å²) in [6.07, 6.45) is 1.38. The number of likely N-dealkylation sites (tertiary alicyclic amines) is 1. The van der Waals surface area contributed by atoms with E-state index in [0.29, 0.717) is 42.4 Å². The molecule has 1 aromatic heterocycles. The van der Waals surface area contributed by atoms with Gasteiger partial charge in [0.1, 0.15) is 0 Å². The van der Waals surface area contributed by atoms with Gasteiger partial charge in [-0.05, 0) is 54.7 Å². The van der Waals surface area contributed by atoms with E-state index in [1.807, 2.05) is 6.07 Å². The van der Waals surface area contributed by atoms with Crippen molar-refractivity contribution in [1.29, 1.82) is 0 Å². The van der Waals surface area contributed by atoms with E-state index in [1.165, 1.54) is 6.07 Å². The summed E-state index contributed by atoms with van der Waals surface area (Å²) in [5, 5.41) is 21.3. The molecule has 0 saturated carbocycles. The van der Waals surface area contributed by atoms with Crippen molar-refractivity contribution in [1.82, 2.24) is 15.1 Å². The summed E-state index contributed by atoms with van der Waals surface area (Å²) in [6, 6.07) is 11.5. The molecule has 0 spiro atoms. The molecular weight excluding hydrogens is 408 g/mol. The van der Waals surface area contributed by atoms with E-state index < -0.39 is 16.0 Å². The van der Waals surface area contributed by atoms with Crippen molar-refractivity contribution in [2.45, 2.75) is 23.7 Å². The monoisotopic (exact) mass is 428 g/mol. The number of hydrogen-bond acceptors (Lipinski definition) is 5. The Morgan fingerprint density at radius 2 is 1.87 bits per heavy atom. The Kier molecular flexibility index (Phi) is 5.04. The molecule has 0 radical (unpaired) electrons. The van der Waals surface area contributed by atoms with Crippen molar-refractivity contribution in [2.75, 3.05) is 13.1 Å². The topological polar surface area (TPSA) is 146 Å². The van der Waals surface area contributed by atoms with Gasteiger partial charge >= 0.3 is 5.97 Å². The Balaban J connectivity index is 1.49. The molecule has 1 aliphatic heterocycles. The highest BCUT2D eigenvalue weighted by Gasteiger charge is 2.26. The van der Waals surface area contributed by atoms with Crippen LogP contribution in [0.5, 0.6) is 0 Å². The molecule has 3 aromatic rings. The smallest absolute Gasteiger partial charge is 0.357 e. The number of benzene rings is 2. The minimum Gasteiger partial charge on any atom is -0.476 e. The Hall–Kier alpha value is -3.24. The molecule has 0 unspecified atom stereocenters. The highest BCUT2D eigenvalue weighted by Crippen LogP contribution is 2.30. The van der Waals surface area contributed by atoms with Crippen LogP contribution in [-0.4, -0.2) is 53.6 Å². The lowest BCUT2D eigenvalue weighted by molar-refractivity contribution is 0.0688. The summed E-state index contributed by atoms with van der Waals surface area (Å²) in [7, 11) is -3.76. The zero-order valence-electron chi connectivity index (χ0n) is 15.9. The number of nitrogens with two attached hydrogens (primary N) is 1. The van der Waals surface area contributed by atoms with Crippen molar-refractivity contribution in [3.63, 3.8) is 0 Å². The number of carbonyl (C=O) groups excluding carboxylic acids is 1. The lowest BCUT2D eigenvalue weighted by Crippen LogP contribution is -2.37. The zero-order chi connectivity index (χ0) is 21.5. The lowest BCUT2D eigenvalue weighted by atomic mass is 9.89. The second kappa shape index (κ2) is 7.54. The van der Waals surface area contributed by atoms with E-state index in [4.69, 9.17) is 5.14 Å². The minimum atomic E-state index is -3.76. The van der Waals surface area contributed by atoms with Gasteiger partial charge in [0.05, 0.1) is 10.4 Å². The maximum absolute atomic E-state index is 12.9. The van der Waals surface area contributed by atoms with Crippen LogP contribution in [-0.2, 0) is 10.0 Å². The number of aromatic amines is 1. The number of carbonyl (C=O) groups is 2. The third-order valence-electron chi connectivity index (χ3n) is 5.45. The molecule has 2 aromatic carbocycles. The SMILES string of the molecule is NS(=O)(=O)c1cccc(C2CCN(C(=O)c3ccc4[nH]nc(C(=O)O)c4c3)CC2)c1. The fourth-order valence-electron chi connectivity index (χ4n) is 3.85. The number of aromatic nitrogens is 2. The molecule has 0 aliphatic carbocycles. The molecule has 30 heavy (non-hydrogen) atoms. The number of rotatable bonds is 4. The predicted molar refractivity (Wildman–Crippen MR) is 109 cm³/mol. The standard InChI is InChI=1S/C20H20N4O5S/c21-30(28,29)15-3-1-2-13(10-15)12-6-8-24(9-7-12)19(25)14-4-5-17-16(11-14)18(20(26)27)23-22-17/h1-5,10-12H,6-9H2,(H,22,23)(H,26,27)(H2,21,28,29). The van der Waals surface area contributed by atoms with Crippen molar-refractivity contribution in [3.8, 4) is 0 Å². The maximum Gasteiger partial charge on any atom is 0.357 e. The molecule has 0 atom stereocenters. The number of amides is 1. The number of nitrogens with zero attached hydrogens (tertiary/aromatic N) is 2. The number of nitrogens with one attached hydrogen (secondary N) is 1. The van der Waals surface area contributed by atoms with Crippen LogP contribution < -0.4 is 5.14 Å². The van der Waals surface area contributed by atoms with Crippen LogP contribution in [0.4, 0.5) is 0 Å². The second-order valence-corrected chi connectivity index (χ2v) is 8.88. The molecule has 1 amide bonds. The largest absolute Gasteiger partial charge is 0.476 e. The molecule has 4 N–H and O–H groups in total. The fraction of sp³-hybridized carbons (Fsp3) is 0.250. The van der Waals surface area contributed by atoms with Crippen LogP contribution in [0.25, 0.3) is 10.9 Å². The summed E-state index contributed by atoms with van der Waals surface area (Å²) in [6.45, 7) is 1.02. The molecular formula is C20H20N4O5S. The van der Waals surface area contributed by atoms with E-state index in [9.17, 15) is 23.1 Å². The van der Waals surface area contributed by atoms with Gasteiger partial charge in [-0.3, -0.25) is 9.89 Å². The highest BCUT2D eigenvalue weighted by molar-refractivity contribution is 7.89. The van der Waals surface area contributed by atoms with E-state index in [-0.39, 0.29) is 22.4 Å². The maximum atomic E-state index is 12.9. The molecule has 1 saturated heterocycles. The quantitative estimate of drug-likeness (QED) is 0.579. The summed E-state index contributed by atoms with van der Waals surface area (Å²) in [4.78, 5) is 26.0. The third-order valence-corrected chi connectivity index (χ3v) is 6.36. The zero-order valence-corrected chi connectivity index (χ0v) is 16.7. The first-order valence-corrected chi connectivity index (χ1v) is 10.9. The van der Waals surface area contributed by atoms with Gasteiger partial charge in [-0.15, -0.1) is 0 Å². The Labute approximate surface area is 172 Å². The fourth-order valence-corrected chi connectivity index (χ4v) is 4.42. The van der Waals surface area contributed by atoms with Crippen molar-refractivity contribution < 1.29 is 23.1 Å². The van der Waals surface area contributed by atoms with Gasteiger partial charge in [0, 0.05) is 24.0 Å². The average Bonchev–Trinajstić information content (AvgIpc) is 3.16. The molecule has 156 valence electrons.